The summed E-state index contributed by atoms with van der Waals surface area (Å²) >= 11 is 0. The number of aliphatic hydroxyl groups is 1. The minimum atomic E-state index is 0.0726. The molecule has 0 atom stereocenters. The zero-order valence-electron chi connectivity index (χ0n) is 22.0. The lowest BCUT2D eigenvalue weighted by Crippen LogP contribution is -2.02. The Morgan fingerprint density at radius 2 is 1.77 bits per heavy atom. The van der Waals surface area contributed by atoms with E-state index in [-0.39, 0.29) is 6.61 Å². The number of aliphatic hydroxyl groups excluding tert-OH is 1. The molecule has 0 radical (unpaired) electrons. The number of nitrogens with zero attached hydrogens (tertiary/aromatic N) is 4. The summed E-state index contributed by atoms with van der Waals surface area (Å²) in [7, 11) is 1.67. The van der Waals surface area contributed by atoms with Crippen LogP contribution in [0.25, 0.3) is 55.4 Å². The van der Waals surface area contributed by atoms with Crippen molar-refractivity contribution in [2.24, 2.45) is 0 Å². The highest BCUT2D eigenvalue weighted by atomic mass is 16.5. The number of benzene rings is 4. The lowest BCUT2D eigenvalue weighted by atomic mass is 9.99. The predicted octanol–water partition coefficient (Wildman–Crippen LogP) is 6.39. The van der Waals surface area contributed by atoms with Gasteiger partial charge >= 0.3 is 0 Å². The molecule has 3 heterocycles. The van der Waals surface area contributed by atoms with Gasteiger partial charge in [0.15, 0.2) is 5.82 Å². The van der Waals surface area contributed by atoms with Crippen LogP contribution < -0.4 is 4.74 Å². The van der Waals surface area contributed by atoms with Crippen molar-refractivity contribution in [2.45, 2.75) is 13.0 Å². The number of imidazole rings is 1. The van der Waals surface area contributed by atoms with Crippen molar-refractivity contribution < 1.29 is 9.84 Å². The molecule has 196 valence electrons. The van der Waals surface area contributed by atoms with E-state index >= 15 is 0 Å². The molecule has 0 fully saturated rings. The summed E-state index contributed by atoms with van der Waals surface area (Å²) in [6.45, 7) is 0.675. The molecule has 40 heavy (non-hydrogen) atoms. The fraction of sp³-hybridized carbons (Fsp3) is 0.121. The van der Waals surface area contributed by atoms with Crippen molar-refractivity contribution in [3.8, 4) is 28.4 Å². The third kappa shape index (κ3) is 4.17. The second-order valence-electron chi connectivity index (χ2n) is 9.87. The highest BCUT2D eigenvalue weighted by Gasteiger charge is 2.18. The Hall–Kier alpha value is -5.01. The molecule has 0 amide bonds. The van der Waals surface area contributed by atoms with E-state index in [9.17, 15) is 5.11 Å². The van der Waals surface area contributed by atoms with Crippen LogP contribution in [0.4, 0.5) is 0 Å². The number of rotatable bonds is 7. The first kappa shape index (κ1) is 24.1. The molecule has 7 rings (SSSR count). The van der Waals surface area contributed by atoms with Gasteiger partial charge in [-0.25, -0.2) is 4.98 Å². The molecule has 0 saturated heterocycles. The Labute approximate surface area is 230 Å². The lowest BCUT2D eigenvalue weighted by Gasteiger charge is -2.08. The first-order valence-electron chi connectivity index (χ1n) is 13.3. The van der Waals surface area contributed by atoms with Gasteiger partial charge < -0.3 is 14.8 Å². The van der Waals surface area contributed by atoms with E-state index in [0.717, 1.165) is 66.4 Å². The van der Waals surface area contributed by atoms with Crippen LogP contribution in [0.5, 0.6) is 5.75 Å². The Kier molecular flexibility index (Phi) is 5.98. The monoisotopic (exact) mass is 525 g/mol. The van der Waals surface area contributed by atoms with Gasteiger partial charge in [0.2, 0.25) is 0 Å². The SMILES string of the molecule is COc1ccc(Cn2nc(-c3nc4c(CCO)cccc4[nH]3)c3cc(-c4cncc5ccccc45)ccc32)cc1. The number of methoxy groups -OCH3 is 1. The molecule has 0 aliphatic carbocycles. The highest BCUT2D eigenvalue weighted by Crippen LogP contribution is 2.35. The average Bonchev–Trinajstić information content (AvgIpc) is 3.59. The van der Waals surface area contributed by atoms with Gasteiger partial charge in [0.25, 0.3) is 0 Å². The highest BCUT2D eigenvalue weighted by molar-refractivity contribution is 6.01. The summed E-state index contributed by atoms with van der Waals surface area (Å²) in [6.07, 6.45) is 4.37. The van der Waals surface area contributed by atoms with Crippen LogP contribution in [0.15, 0.2) is 97.3 Å². The van der Waals surface area contributed by atoms with Gasteiger partial charge in [0, 0.05) is 35.3 Å². The van der Waals surface area contributed by atoms with Crippen molar-refractivity contribution in [3.63, 3.8) is 0 Å². The molecule has 0 aliphatic heterocycles. The normalized spacial score (nSPS) is 11.6. The van der Waals surface area contributed by atoms with Crippen LogP contribution in [-0.4, -0.2) is 43.6 Å². The fourth-order valence-corrected chi connectivity index (χ4v) is 5.42. The number of fused-ring (bicyclic) bond motifs is 3. The Morgan fingerprint density at radius 3 is 2.62 bits per heavy atom. The zero-order valence-corrected chi connectivity index (χ0v) is 22.0. The summed E-state index contributed by atoms with van der Waals surface area (Å²) in [5.41, 5.74) is 7.85. The minimum Gasteiger partial charge on any atom is -0.497 e. The molecule has 4 aromatic carbocycles. The van der Waals surface area contributed by atoms with E-state index in [0.29, 0.717) is 18.8 Å². The van der Waals surface area contributed by atoms with Crippen molar-refractivity contribution in [3.05, 3.63) is 108 Å². The maximum Gasteiger partial charge on any atom is 0.159 e. The zero-order chi connectivity index (χ0) is 27.1. The van der Waals surface area contributed by atoms with Crippen LogP contribution >= 0.6 is 0 Å². The van der Waals surface area contributed by atoms with Gasteiger partial charge in [-0.2, -0.15) is 5.10 Å². The molecular weight excluding hydrogens is 498 g/mol. The lowest BCUT2D eigenvalue weighted by molar-refractivity contribution is 0.300. The van der Waals surface area contributed by atoms with Gasteiger partial charge in [-0.3, -0.25) is 9.67 Å². The van der Waals surface area contributed by atoms with E-state index in [4.69, 9.17) is 14.8 Å². The number of aromatic nitrogens is 5. The van der Waals surface area contributed by atoms with E-state index in [1.165, 1.54) is 0 Å². The quantitative estimate of drug-likeness (QED) is 0.252. The third-order valence-corrected chi connectivity index (χ3v) is 7.42. The maximum atomic E-state index is 9.57. The summed E-state index contributed by atoms with van der Waals surface area (Å²) < 4.78 is 7.36. The summed E-state index contributed by atoms with van der Waals surface area (Å²) in [5.74, 6) is 1.52. The van der Waals surface area contributed by atoms with Gasteiger partial charge in [-0.15, -0.1) is 0 Å². The molecular formula is C33H27N5O2. The van der Waals surface area contributed by atoms with Gasteiger partial charge in [-0.1, -0.05) is 54.6 Å². The van der Waals surface area contributed by atoms with Crippen molar-refractivity contribution in [1.29, 1.82) is 0 Å². The second kappa shape index (κ2) is 9.94. The van der Waals surface area contributed by atoms with Crippen molar-refractivity contribution >= 4 is 32.7 Å². The molecule has 7 aromatic rings. The van der Waals surface area contributed by atoms with Crippen molar-refractivity contribution in [2.75, 3.05) is 13.7 Å². The van der Waals surface area contributed by atoms with Crippen LogP contribution in [0.1, 0.15) is 11.1 Å². The number of ether oxygens (including phenoxy) is 1. The largest absolute Gasteiger partial charge is 0.497 e. The Balaban J connectivity index is 1.42. The van der Waals surface area contributed by atoms with Gasteiger partial charge in [-0.05, 0) is 58.8 Å². The Bertz CT molecular complexity index is 1980. The summed E-state index contributed by atoms with van der Waals surface area (Å²) in [5, 5.41) is 17.9. The minimum absolute atomic E-state index is 0.0726. The van der Waals surface area contributed by atoms with Crippen LogP contribution in [-0.2, 0) is 13.0 Å². The first-order valence-corrected chi connectivity index (χ1v) is 13.3. The number of aromatic amines is 1. The number of para-hydroxylation sites is 1. The van der Waals surface area contributed by atoms with Gasteiger partial charge in [0.1, 0.15) is 11.4 Å². The molecule has 7 heteroatoms. The smallest absolute Gasteiger partial charge is 0.159 e. The molecule has 0 unspecified atom stereocenters. The summed E-state index contributed by atoms with van der Waals surface area (Å²) in [4.78, 5) is 13.0. The van der Waals surface area contributed by atoms with Crippen LogP contribution in [0, 0.1) is 0 Å². The standard InChI is InChI=1S/C33H27N5O2/c1-40-25-12-9-21(10-13-25)20-38-30-14-11-23(28-19-34-18-24-5-2-3-7-26(24)28)17-27(30)32(37-38)33-35-29-8-4-6-22(15-16-39)31(29)36-33/h2-14,17-19,39H,15-16,20H2,1H3,(H,35,36). The molecule has 0 aliphatic rings. The predicted molar refractivity (Wildman–Crippen MR) is 158 cm³/mol. The van der Waals surface area contributed by atoms with E-state index in [1.54, 1.807) is 7.11 Å². The van der Waals surface area contributed by atoms with Crippen LogP contribution in [0.3, 0.4) is 0 Å². The number of hydrogen-bond acceptors (Lipinski definition) is 5. The molecule has 2 N–H and O–H groups in total. The molecule has 0 saturated carbocycles. The number of H-pyrrole nitrogens is 1. The van der Waals surface area contributed by atoms with Crippen LogP contribution in [0.2, 0.25) is 0 Å². The summed E-state index contributed by atoms with van der Waals surface area (Å²) in [6, 6.07) is 28.8. The molecule has 3 aromatic heterocycles. The molecule has 0 bridgehead atoms. The second-order valence-corrected chi connectivity index (χ2v) is 9.87. The fourth-order valence-electron chi connectivity index (χ4n) is 5.42. The number of hydrogen-bond donors (Lipinski definition) is 2. The third-order valence-electron chi connectivity index (χ3n) is 7.42. The van der Waals surface area contributed by atoms with E-state index in [2.05, 4.69) is 58.5 Å². The first-order chi connectivity index (χ1) is 19.7. The number of nitrogens with one attached hydrogen (secondary N) is 1. The van der Waals surface area contributed by atoms with Gasteiger partial charge in [0.05, 0.1) is 30.2 Å². The molecule has 7 nitrogen and oxygen atoms in total. The van der Waals surface area contributed by atoms with E-state index in [1.807, 2.05) is 53.5 Å². The van der Waals surface area contributed by atoms with E-state index < -0.39 is 0 Å². The molecule has 0 spiro atoms. The Morgan fingerprint density at radius 1 is 0.900 bits per heavy atom. The van der Waals surface area contributed by atoms with Crippen molar-refractivity contribution in [1.82, 2.24) is 24.7 Å². The maximum absolute atomic E-state index is 9.57. The average molecular weight is 526 g/mol. The topological polar surface area (TPSA) is 88.9 Å². The number of pyridine rings is 1.